The van der Waals surface area contributed by atoms with Crippen LogP contribution in [0.2, 0.25) is 0 Å². The van der Waals surface area contributed by atoms with E-state index in [1.54, 1.807) is 23.2 Å². The van der Waals surface area contributed by atoms with Gasteiger partial charge in [0.25, 0.3) is 5.91 Å². The SMILES string of the molecule is O=C(Cc1cccc(F)c1)NCc1cn2c(n1)C(=O)N(Cc1ccccc1)CC2. The van der Waals surface area contributed by atoms with Crippen LogP contribution >= 0.6 is 0 Å². The molecule has 0 atom stereocenters. The van der Waals surface area contributed by atoms with Crippen molar-refractivity contribution in [3.63, 3.8) is 0 Å². The summed E-state index contributed by atoms with van der Waals surface area (Å²) < 4.78 is 15.1. The molecule has 1 aliphatic heterocycles. The molecule has 1 aromatic heterocycles. The standard InChI is InChI=1S/C22H21FN4O2/c23-18-8-4-7-17(11-18)12-20(28)24-13-19-15-26-9-10-27(22(29)21(26)25-19)14-16-5-2-1-3-6-16/h1-8,11,15H,9-10,12-14H2,(H,24,28). The van der Waals surface area contributed by atoms with Crippen molar-refractivity contribution in [2.75, 3.05) is 6.54 Å². The predicted octanol–water partition coefficient (Wildman–Crippen LogP) is 2.54. The Morgan fingerprint density at radius 2 is 1.86 bits per heavy atom. The number of hydrogen-bond acceptors (Lipinski definition) is 3. The Hall–Kier alpha value is -3.48. The molecule has 0 spiro atoms. The molecule has 0 saturated carbocycles. The van der Waals surface area contributed by atoms with Gasteiger partial charge in [0.05, 0.1) is 18.7 Å². The van der Waals surface area contributed by atoms with Crippen LogP contribution in [0.15, 0.2) is 60.8 Å². The van der Waals surface area contributed by atoms with Crippen molar-refractivity contribution in [1.29, 1.82) is 0 Å². The molecule has 0 unspecified atom stereocenters. The number of nitrogens with zero attached hydrogens (tertiary/aromatic N) is 3. The van der Waals surface area contributed by atoms with E-state index in [0.717, 1.165) is 5.56 Å². The van der Waals surface area contributed by atoms with Crippen LogP contribution in [0.5, 0.6) is 0 Å². The molecule has 3 aromatic rings. The third kappa shape index (κ3) is 4.51. The highest BCUT2D eigenvalue weighted by Gasteiger charge is 2.26. The Labute approximate surface area is 168 Å². The minimum absolute atomic E-state index is 0.0924. The zero-order valence-electron chi connectivity index (χ0n) is 15.8. The molecule has 4 rings (SSSR count). The van der Waals surface area contributed by atoms with Crippen LogP contribution in [-0.2, 0) is 30.8 Å². The maximum Gasteiger partial charge on any atom is 0.290 e. The van der Waals surface area contributed by atoms with E-state index in [4.69, 9.17) is 0 Å². The lowest BCUT2D eigenvalue weighted by Gasteiger charge is -2.27. The van der Waals surface area contributed by atoms with Gasteiger partial charge < -0.3 is 14.8 Å². The maximum absolute atomic E-state index is 13.2. The lowest BCUT2D eigenvalue weighted by atomic mass is 10.1. The lowest BCUT2D eigenvalue weighted by Crippen LogP contribution is -2.39. The summed E-state index contributed by atoms with van der Waals surface area (Å²) >= 11 is 0. The molecule has 0 bridgehead atoms. The van der Waals surface area contributed by atoms with Gasteiger partial charge in [-0.1, -0.05) is 42.5 Å². The van der Waals surface area contributed by atoms with E-state index in [-0.39, 0.29) is 30.6 Å². The van der Waals surface area contributed by atoms with Crippen molar-refractivity contribution >= 4 is 11.8 Å². The number of nitrogens with one attached hydrogen (secondary N) is 1. The summed E-state index contributed by atoms with van der Waals surface area (Å²) in [6.07, 6.45) is 1.89. The topological polar surface area (TPSA) is 67.2 Å². The normalized spacial score (nSPS) is 13.3. The molecule has 0 fully saturated rings. The largest absolute Gasteiger partial charge is 0.350 e. The molecule has 7 heteroatoms. The molecule has 2 aromatic carbocycles. The van der Waals surface area contributed by atoms with E-state index in [1.165, 1.54) is 12.1 Å². The average Bonchev–Trinajstić information content (AvgIpc) is 3.14. The Balaban J connectivity index is 1.36. The number of amides is 2. The van der Waals surface area contributed by atoms with Crippen molar-refractivity contribution < 1.29 is 14.0 Å². The number of fused-ring (bicyclic) bond motifs is 1. The molecule has 2 heterocycles. The number of imidazole rings is 1. The second kappa shape index (κ2) is 8.26. The molecule has 148 valence electrons. The number of benzene rings is 2. The van der Waals surface area contributed by atoms with Gasteiger partial charge in [0.2, 0.25) is 5.91 Å². The van der Waals surface area contributed by atoms with Gasteiger partial charge >= 0.3 is 0 Å². The van der Waals surface area contributed by atoms with Crippen molar-refractivity contribution in [1.82, 2.24) is 19.8 Å². The van der Waals surface area contributed by atoms with E-state index in [9.17, 15) is 14.0 Å². The first-order valence-electron chi connectivity index (χ1n) is 9.49. The number of carbonyl (C=O) groups is 2. The second-order valence-corrected chi connectivity index (χ2v) is 7.04. The number of carbonyl (C=O) groups excluding carboxylic acids is 2. The fourth-order valence-electron chi connectivity index (χ4n) is 3.41. The van der Waals surface area contributed by atoms with Gasteiger partial charge in [-0.05, 0) is 23.3 Å². The van der Waals surface area contributed by atoms with E-state index >= 15 is 0 Å². The first-order valence-corrected chi connectivity index (χ1v) is 9.49. The van der Waals surface area contributed by atoms with Crippen LogP contribution in [-0.4, -0.2) is 32.8 Å². The highest BCUT2D eigenvalue weighted by atomic mass is 19.1. The van der Waals surface area contributed by atoms with Crippen LogP contribution in [0.1, 0.15) is 27.4 Å². The fraction of sp³-hybridized carbons (Fsp3) is 0.227. The minimum atomic E-state index is -0.365. The zero-order valence-corrected chi connectivity index (χ0v) is 15.8. The molecule has 2 amide bonds. The highest BCUT2D eigenvalue weighted by Crippen LogP contribution is 2.16. The number of hydrogen-bond donors (Lipinski definition) is 1. The number of aromatic nitrogens is 2. The summed E-state index contributed by atoms with van der Waals surface area (Å²) in [4.78, 5) is 31.1. The van der Waals surface area contributed by atoms with Gasteiger partial charge in [0.1, 0.15) is 5.82 Å². The Morgan fingerprint density at radius 3 is 2.66 bits per heavy atom. The van der Waals surface area contributed by atoms with E-state index in [1.807, 2.05) is 34.9 Å². The minimum Gasteiger partial charge on any atom is -0.350 e. The van der Waals surface area contributed by atoms with Crippen molar-refractivity contribution in [2.24, 2.45) is 0 Å². The predicted molar refractivity (Wildman–Crippen MR) is 105 cm³/mol. The summed E-state index contributed by atoms with van der Waals surface area (Å²) in [6.45, 7) is 2.05. The molecule has 0 radical (unpaired) electrons. The summed E-state index contributed by atoms with van der Waals surface area (Å²) in [6, 6.07) is 15.8. The summed E-state index contributed by atoms with van der Waals surface area (Å²) in [7, 11) is 0. The van der Waals surface area contributed by atoms with E-state index < -0.39 is 0 Å². The van der Waals surface area contributed by atoms with Gasteiger partial charge in [-0.15, -0.1) is 0 Å². The van der Waals surface area contributed by atoms with Crippen molar-refractivity contribution in [3.05, 3.63) is 89.3 Å². The highest BCUT2D eigenvalue weighted by molar-refractivity contribution is 5.91. The van der Waals surface area contributed by atoms with Crippen LogP contribution < -0.4 is 5.32 Å². The maximum atomic E-state index is 13.2. The van der Waals surface area contributed by atoms with Gasteiger partial charge in [0.15, 0.2) is 5.82 Å². The Bertz CT molecular complexity index is 1030. The van der Waals surface area contributed by atoms with Gasteiger partial charge in [-0.2, -0.15) is 0 Å². The monoisotopic (exact) mass is 392 g/mol. The molecule has 1 N–H and O–H groups in total. The first kappa shape index (κ1) is 18.9. The van der Waals surface area contributed by atoms with Crippen molar-refractivity contribution in [3.8, 4) is 0 Å². The summed E-state index contributed by atoms with van der Waals surface area (Å²) in [5.41, 5.74) is 2.31. The molecule has 0 aliphatic carbocycles. The molecule has 6 nitrogen and oxygen atoms in total. The van der Waals surface area contributed by atoms with Crippen LogP contribution in [0.4, 0.5) is 4.39 Å². The molecule has 1 aliphatic rings. The van der Waals surface area contributed by atoms with E-state index in [2.05, 4.69) is 10.3 Å². The van der Waals surface area contributed by atoms with Gasteiger partial charge in [0, 0.05) is 25.8 Å². The molecular formula is C22H21FN4O2. The Morgan fingerprint density at radius 1 is 1.07 bits per heavy atom. The Kier molecular flexibility index (Phi) is 5.37. The third-order valence-electron chi connectivity index (χ3n) is 4.85. The molecule has 29 heavy (non-hydrogen) atoms. The van der Waals surface area contributed by atoms with Crippen LogP contribution in [0.3, 0.4) is 0 Å². The summed E-state index contributed by atoms with van der Waals surface area (Å²) in [5.74, 6) is -0.312. The number of rotatable bonds is 6. The van der Waals surface area contributed by atoms with Crippen LogP contribution in [0.25, 0.3) is 0 Å². The van der Waals surface area contributed by atoms with Crippen molar-refractivity contribution in [2.45, 2.75) is 26.1 Å². The smallest absolute Gasteiger partial charge is 0.290 e. The average molecular weight is 392 g/mol. The van der Waals surface area contributed by atoms with E-state index in [0.29, 0.717) is 36.7 Å². The molecular weight excluding hydrogens is 371 g/mol. The second-order valence-electron chi connectivity index (χ2n) is 7.04. The quantitative estimate of drug-likeness (QED) is 0.701. The number of halogens is 1. The zero-order chi connectivity index (χ0) is 20.2. The lowest BCUT2D eigenvalue weighted by molar-refractivity contribution is -0.120. The first-order chi connectivity index (χ1) is 14.1. The summed E-state index contributed by atoms with van der Waals surface area (Å²) in [5, 5.41) is 2.78. The fourth-order valence-corrected chi connectivity index (χ4v) is 3.41. The van der Waals surface area contributed by atoms with Crippen LogP contribution in [0, 0.1) is 5.82 Å². The third-order valence-corrected chi connectivity index (χ3v) is 4.85. The van der Waals surface area contributed by atoms with Gasteiger partial charge in [-0.25, -0.2) is 9.37 Å². The molecule has 0 saturated heterocycles. The van der Waals surface area contributed by atoms with Gasteiger partial charge in [-0.3, -0.25) is 9.59 Å².